The molecule has 0 aromatic heterocycles. The first-order chi connectivity index (χ1) is 9.22. The molecule has 1 amide bonds. The Morgan fingerprint density at radius 1 is 1.15 bits per heavy atom. The molecule has 1 aliphatic rings. The number of carbonyl (C=O) groups excluding carboxylic acids is 1. The maximum absolute atomic E-state index is 10.8. The summed E-state index contributed by atoms with van der Waals surface area (Å²) in [5, 5.41) is 0. The number of nitrogens with two attached hydrogens (primary N) is 1. The van der Waals surface area contributed by atoms with Crippen molar-refractivity contribution in [1.82, 2.24) is 4.90 Å². The van der Waals surface area contributed by atoms with Gasteiger partial charge in [0.1, 0.15) is 6.20 Å². The number of rotatable bonds is 11. The first-order valence-corrected chi connectivity index (χ1v) is 7.77. The van der Waals surface area contributed by atoms with E-state index in [2.05, 4.69) is 18.0 Å². The van der Waals surface area contributed by atoms with E-state index < -0.39 is 0 Å². The van der Waals surface area contributed by atoms with Crippen molar-refractivity contribution in [3.8, 4) is 0 Å². The van der Waals surface area contributed by atoms with E-state index in [0.717, 1.165) is 18.1 Å². The van der Waals surface area contributed by atoms with Gasteiger partial charge in [-0.05, 0) is 6.42 Å². The van der Waals surface area contributed by atoms with Crippen molar-refractivity contribution in [2.75, 3.05) is 19.8 Å². The second-order valence-electron chi connectivity index (χ2n) is 5.56. The minimum Gasteiger partial charge on any atom is -1.00 e. The lowest BCUT2D eigenvalue weighted by Crippen LogP contribution is -3.08. The molecule has 1 atom stereocenters. The Balaban J connectivity index is 0.00000361. The molecule has 0 aliphatic carbocycles. The van der Waals surface area contributed by atoms with Gasteiger partial charge in [0.15, 0.2) is 13.2 Å². The zero-order chi connectivity index (χ0) is 13.9. The van der Waals surface area contributed by atoms with Gasteiger partial charge in [-0.3, -0.25) is 9.69 Å². The fourth-order valence-corrected chi connectivity index (χ4v) is 2.52. The number of unbranched alkanes of at least 4 members (excludes halogenated alkanes) is 7. The number of quaternary nitrogens is 1. The predicted octanol–water partition coefficient (Wildman–Crippen LogP) is -1.75. The molecule has 0 aromatic carbocycles. The normalized spacial score (nSPS) is 17.2. The van der Waals surface area contributed by atoms with Crippen LogP contribution in [0.4, 0.5) is 0 Å². The summed E-state index contributed by atoms with van der Waals surface area (Å²) in [6.45, 7) is 4.66. The molecule has 0 aromatic rings. The second-order valence-corrected chi connectivity index (χ2v) is 5.56. The van der Waals surface area contributed by atoms with Crippen LogP contribution in [0.5, 0.6) is 0 Å². The van der Waals surface area contributed by atoms with Gasteiger partial charge in [0, 0.05) is 6.54 Å². The summed E-state index contributed by atoms with van der Waals surface area (Å²) in [6, 6.07) is 0. The Labute approximate surface area is 134 Å². The monoisotopic (exact) mass is 347 g/mol. The Morgan fingerprint density at radius 2 is 1.75 bits per heavy atom. The topological polar surface area (TPSA) is 50.8 Å². The summed E-state index contributed by atoms with van der Waals surface area (Å²) in [6.07, 6.45) is 15.0. The van der Waals surface area contributed by atoms with Gasteiger partial charge >= 0.3 is 0 Å². The third kappa shape index (κ3) is 9.37. The van der Waals surface area contributed by atoms with Crippen LogP contribution in [0.1, 0.15) is 58.3 Å². The van der Waals surface area contributed by atoms with Crippen LogP contribution >= 0.6 is 0 Å². The zero-order valence-electron chi connectivity index (χ0n) is 12.7. The van der Waals surface area contributed by atoms with E-state index in [-0.39, 0.29) is 22.9 Å². The van der Waals surface area contributed by atoms with Gasteiger partial charge in [-0.1, -0.05) is 51.9 Å². The van der Waals surface area contributed by atoms with Gasteiger partial charge in [-0.25, -0.2) is 0 Å². The van der Waals surface area contributed by atoms with Gasteiger partial charge in [-0.2, -0.15) is 0 Å². The van der Waals surface area contributed by atoms with Gasteiger partial charge in [0.2, 0.25) is 0 Å². The number of amides is 1. The van der Waals surface area contributed by atoms with Crippen molar-refractivity contribution < 1.29 is 26.7 Å². The highest BCUT2D eigenvalue weighted by atomic mass is 79.9. The van der Waals surface area contributed by atoms with Crippen LogP contribution < -0.4 is 27.6 Å². The molecule has 0 saturated heterocycles. The smallest absolute Gasteiger partial charge is 0.273 e. The van der Waals surface area contributed by atoms with E-state index in [1.807, 2.05) is 6.20 Å². The van der Waals surface area contributed by atoms with E-state index in [9.17, 15) is 4.79 Å². The molecule has 118 valence electrons. The molecule has 3 N–H and O–H groups in total. The Morgan fingerprint density at radius 3 is 2.35 bits per heavy atom. The summed E-state index contributed by atoms with van der Waals surface area (Å²) in [7, 11) is 0. The highest BCUT2D eigenvalue weighted by molar-refractivity contribution is 5.74. The Bertz CT molecular complexity index is 284. The molecule has 1 heterocycles. The van der Waals surface area contributed by atoms with Crippen molar-refractivity contribution in [1.29, 1.82) is 0 Å². The van der Waals surface area contributed by atoms with Crippen molar-refractivity contribution in [2.45, 2.75) is 58.3 Å². The number of nitrogens with one attached hydrogen (secondary N) is 1. The van der Waals surface area contributed by atoms with Crippen molar-refractivity contribution >= 4 is 5.91 Å². The van der Waals surface area contributed by atoms with Crippen LogP contribution in [-0.4, -0.2) is 30.6 Å². The molecule has 1 rings (SSSR count). The van der Waals surface area contributed by atoms with E-state index in [1.54, 1.807) is 0 Å². The fourth-order valence-electron chi connectivity index (χ4n) is 2.52. The van der Waals surface area contributed by atoms with Crippen LogP contribution in [0.25, 0.3) is 0 Å². The molecule has 20 heavy (non-hydrogen) atoms. The molecular weight excluding hydrogens is 318 g/mol. The number of hydrogen-bond acceptors (Lipinski definition) is 2. The third-order valence-corrected chi connectivity index (χ3v) is 3.63. The van der Waals surface area contributed by atoms with Crippen LogP contribution in [0.3, 0.4) is 0 Å². The van der Waals surface area contributed by atoms with Crippen LogP contribution in [0.2, 0.25) is 0 Å². The lowest BCUT2D eigenvalue weighted by atomic mass is 10.1. The number of halogens is 1. The van der Waals surface area contributed by atoms with Crippen molar-refractivity contribution in [3.05, 3.63) is 12.4 Å². The molecule has 0 saturated carbocycles. The summed E-state index contributed by atoms with van der Waals surface area (Å²) in [5.41, 5.74) is 5.20. The number of nitrogens with zero attached hydrogens (tertiary/aromatic N) is 1. The standard InChI is InChI=1S/C15H29N3O.BrH/c1-2-3-4-5-6-7-8-9-10-17-11-12-18(14-17)13-15(16)19;/h11-12H,2-10,13-14H2,1H3,(H2,16,19);1H. The summed E-state index contributed by atoms with van der Waals surface area (Å²) in [4.78, 5) is 14.3. The molecule has 0 spiro atoms. The first-order valence-electron chi connectivity index (χ1n) is 7.77. The molecule has 0 fully saturated rings. The quantitative estimate of drug-likeness (QED) is 0.435. The van der Waals surface area contributed by atoms with Gasteiger partial charge in [0.25, 0.3) is 5.91 Å². The molecule has 1 aliphatic heterocycles. The molecule has 0 radical (unpaired) electrons. The van der Waals surface area contributed by atoms with E-state index in [0.29, 0.717) is 6.54 Å². The van der Waals surface area contributed by atoms with Crippen molar-refractivity contribution in [2.24, 2.45) is 5.73 Å². The van der Waals surface area contributed by atoms with Gasteiger partial charge < -0.3 is 27.6 Å². The van der Waals surface area contributed by atoms with Crippen LogP contribution in [-0.2, 0) is 4.79 Å². The van der Waals surface area contributed by atoms with Gasteiger partial charge in [0.05, 0.1) is 6.20 Å². The number of primary amides is 1. The average molecular weight is 348 g/mol. The lowest BCUT2D eigenvalue weighted by Gasteiger charge is -2.15. The third-order valence-electron chi connectivity index (χ3n) is 3.63. The molecule has 1 unspecified atom stereocenters. The second kappa shape index (κ2) is 12.2. The minimum atomic E-state index is -0.228. The SMILES string of the molecule is CCCCCCCCCCN1C=C[NH+](CC(N)=O)C1.[Br-]. The van der Waals surface area contributed by atoms with Crippen LogP contribution in [0, 0.1) is 0 Å². The summed E-state index contributed by atoms with van der Waals surface area (Å²) in [5.74, 6) is -0.228. The molecule has 4 nitrogen and oxygen atoms in total. The molecule has 5 heteroatoms. The Hall–Kier alpha value is -0.550. The maximum Gasteiger partial charge on any atom is 0.273 e. The van der Waals surface area contributed by atoms with Gasteiger partial charge in [-0.15, -0.1) is 0 Å². The minimum absolute atomic E-state index is 0. The van der Waals surface area contributed by atoms with E-state index in [4.69, 9.17) is 5.73 Å². The lowest BCUT2D eigenvalue weighted by molar-refractivity contribution is -0.840. The summed E-state index contributed by atoms with van der Waals surface area (Å²) < 4.78 is 0. The predicted molar refractivity (Wildman–Crippen MR) is 78.3 cm³/mol. The fraction of sp³-hybridized carbons (Fsp3) is 0.800. The number of carbonyl (C=O) groups is 1. The highest BCUT2D eigenvalue weighted by Crippen LogP contribution is 2.08. The number of hydrogen-bond donors (Lipinski definition) is 2. The molecule has 0 bridgehead atoms. The average Bonchev–Trinajstić information content (AvgIpc) is 2.79. The van der Waals surface area contributed by atoms with Crippen molar-refractivity contribution in [3.63, 3.8) is 0 Å². The largest absolute Gasteiger partial charge is 1.00 e. The zero-order valence-corrected chi connectivity index (χ0v) is 14.3. The van der Waals surface area contributed by atoms with E-state index in [1.165, 1.54) is 51.4 Å². The van der Waals surface area contributed by atoms with Crippen LogP contribution in [0.15, 0.2) is 12.4 Å². The first kappa shape index (κ1) is 19.4. The molecular formula is C15H30BrN3O. The van der Waals surface area contributed by atoms with E-state index >= 15 is 0 Å². The maximum atomic E-state index is 10.8. The summed E-state index contributed by atoms with van der Waals surface area (Å²) >= 11 is 0. The Kier molecular flexibility index (Phi) is 11.9. The highest BCUT2D eigenvalue weighted by Gasteiger charge is 2.17.